The van der Waals surface area contributed by atoms with Crippen LogP contribution >= 0.6 is 59.1 Å². The van der Waals surface area contributed by atoms with E-state index >= 15 is 0 Å². The Labute approximate surface area is 449 Å². The van der Waals surface area contributed by atoms with Gasteiger partial charge in [0.25, 0.3) is 0 Å². The van der Waals surface area contributed by atoms with Crippen LogP contribution in [-0.2, 0) is 38.0 Å². The number of benzene rings is 1. The van der Waals surface area contributed by atoms with Crippen LogP contribution in [0.4, 0.5) is 4.79 Å². The Hall–Kier alpha value is -2.74. The zero-order valence-electron chi connectivity index (χ0n) is 41.7. The Balaban J connectivity index is 1.28. The van der Waals surface area contributed by atoms with E-state index in [1.54, 1.807) is 34.0 Å². The van der Waals surface area contributed by atoms with Crippen LogP contribution in [0.3, 0.4) is 0 Å². The maximum atomic E-state index is 13.9. The molecule has 1 aromatic carbocycles. The van der Waals surface area contributed by atoms with Crippen molar-refractivity contribution in [2.24, 2.45) is 0 Å². The minimum atomic E-state index is -1.94. The number of aliphatic hydroxyl groups excluding tert-OH is 3. The zero-order valence-corrected chi connectivity index (χ0v) is 46.6. The maximum absolute atomic E-state index is 13.9. The van der Waals surface area contributed by atoms with E-state index < -0.39 is 89.7 Å². The number of amides is 1. The molecule has 6 rings (SSSR count). The van der Waals surface area contributed by atoms with Crippen LogP contribution in [-0.4, -0.2) is 181 Å². The Kier molecular flexibility index (Phi) is 22.4. The van der Waals surface area contributed by atoms with Crippen molar-refractivity contribution in [3.05, 3.63) is 50.7 Å². The van der Waals surface area contributed by atoms with Gasteiger partial charge in [0.05, 0.1) is 91.5 Å². The molecule has 1 unspecified atom stereocenters. The van der Waals surface area contributed by atoms with E-state index in [1.165, 1.54) is 64.9 Å². The van der Waals surface area contributed by atoms with Crippen LogP contribution in [0.25, 0.3) is 0 Å². The van der Waals surface area contributed by atoms with E-state index in [-0.39, 0.29) is 82.1 Å². The highest BCUT2D eigenvalue weighted by atomic mass is 79.9. The number of phenolic OH excluding ortho intramolecular Hbond substituents is 1. The summed E-state index contributed by atoms with van der Waals surface area (Å²) in [6.45, 7) is 7.83. The first-order chi connectivity index (χ1) is 34.9. The molecule has 3 fully saturated rings. The lowest BCUT2D eigenvalue weighted by atomic mass is 9.74. The van der Waals surface area contributed by atoms with Gasteiger partial charge in [-0.3, -0.25) is 14.9 Å². The van der Waals surface area contributed by atoms with Crippen molar-refractivity contribution < 1.29 is 82.6 Å². The number of allylic oxidation sites excluding steroid dienone is 2. The third kappa shape index (κ3) is 14.1. The Morgan fingerprint density at radius 1 is 1.01 bits per heavy atom. The largest absolute Gasteiger partial charge is 0.503 e. The molecule has 1 aromatic rings. The highest BCUT2D eigenvalue weighted by molar-refractivity contribution is 9.10. The van der Waals surface area contributed by atoms with E-state index in [0.29, 0.717) is 17.9 Å². The molecule has 0 aromatic heterocycles. The maximum Gasteiger partial charge on any atom is 0.411 e. The second-order valence-corrected chi connectivity index (χ2v) is 23.6. The second-order valence-electron chi connectivity index (χ2n) is 17.2. The van der Waals surface area contributed by atoms with Crippen LogP contribution in [0, 0.1) is 30.6 Å². The number of fused-ring (bicyclic) bond motifs is 2. The molecule has 0 radical (unpaired) electrons. The number of carbonyl (C=O) groups excluding carboxylic acids is 2. The Bertz CT molecular complexity index is 2330. The number of methoxy groups -OCH3 is 4. The smallest absolute Gasteiger partial charge is 0.411 e. The molecule has 0 saturated carbocycles. The van der Waals surface area contributed by atoms with Gasteiger partial charge in [-0.2, -0.15) is 5.48 Å². The highest BCUT2D eigenvalue weighted by Crippen LogP contribution is 2.49. The molecular formula is C48H64BrN3O17S4. The van der Waals surface area contributed by atoms with E-state index in [9.17, 15) is 35.1 Å². The van der Waals surface area contributed by atoms with E-state index in [2.05, 4.69) is 55.7 Å². The summed E-state index contributed by atoms with van der Waals surface area (Å²) in [6, 6.07) is -1.19. The lowest BCUT2D eigenvalue weighted by Gasteiger charge is -2.47. The summed E-state index contributed by atoms with van der Waals surface area (Å²) in [5.74, 6) is 11.8. The molecule has 15 atom stereocenters. The van der Waals surface area contributed by atoms with E-state index in [0.717, 1.165) is 11.8 Å². The predicted molar refractivity (Wildman–Crippen MR) is 280 cm³/mol. The number of hydrogen-bond donors (Lipinski definition) is 8. The van der Waals surface area contributed by atoms with Crippen LogP contribution in [0.5, 0.6) is 17.2 Å². The molecule has 3 heterocycles. The normalized spacial score (nSPS) is 34.2. The average molecular weight is 1160 g/mol. The van der Waals surface area contributed by atoms with Gasteiger partial charge >= 0.3 is 6.09 Å². The summed E-state index contributed by atoms with van der Waals surface area (Å²) >= 11 is 4.18. The number of thioether (sulfide) groups is 1. The first kappa shape index (κ1) is 59.5. The van der Waals surface area contributed by atoms with Crippen molar-refractivity contribution in [2.45, 2.75) is 138 Å². The van der Waals surface area contributed by atoms with Crippen LogP contribution in [0.2, 0.25) is 0 Å². The number of aromatic hydroxyl groups is 1. The topological polar surface area (TPSA) is 264 Å². The highest BCUT2D eigenvalue weighted by Gasteiger charge is 2.51. The number of hydroxylamine groups is 1. The molecule has 3 aliphatic heterocycles. The molecule has 1 amide bonds. The van der Waals surface area contributed by atoms with Crippen molar-refractivity contribution >= 4 is 70.3 Å². The molecule has 5 aliphatic rings. The van der Waals surface area contributed by atoms with Gasteiger partial charge in [0.2, 0.25) is 10.9 Å². The van der Waals surface area contributed by atoms with Gasteiger partial charge in [-0.15, -0.1) is 0 Å². The van der Waals surface area contributed by atoms with Gasteiger partial charge in [-0.05, 0) is 77.0 Å². The van der Waals surface area contributed by atoms with Crippen LogP contribution < -0.4 is 25.6 Å². The first-order valence-corrected chi connectivity index (χ1v) is 29.0. The number of aliphatic hydroxyl groups is 4. The van der Waals surface area contributed by atoms with Gasteiger partial charge in [0.1, 0.15) is 18.3 Å². The molecule has 20 nitrogen and oxygen atoms in total. The number of ether oxygens (including phenoxy) is 9. The molecule has 2 aliphatic carbocycles. The van der Waals surface area contributed by atoms with Gasteiger partial charge in [0.15, 0.2) is 36.0 Å². The van der Waals surface area contributed by atoms with Gasteiger partial charge in [-0.1, -0.05) is 70.0 Å². The third-order valence-electron chi connectivity index (χ3n) is 12.7. The molecule has 73 heavy (non-hydrogen) atoms. The van der Waals surface area contributed by atoms with Crippen molar-refractivity contribution in [3.8, 4) is 40.9 Å². The average Bonchev–Trinajstić information content (AvgIpc) is 3.36. The van der Waals surface area contributed by atoms with Crippen LogP contribution in [0.15, 0.2) is 39.5 Å². The third-order valence-corrected chi connectivity index (χ3v) is 18.7. The van der Waals surface area contributed by atoms with Crippen molar-refractivity contribution in [3.63, 3.8) is 0 Å². The quantitative estimate of drug-likeness (QED) is 0.0421. The fourth-order valence-corrected chi connectivity index (χ4v) is 13.0. The Morgan fingerprint density at radius 2 is 1.75 bits per heavy atom. The van der Waals surface area contributed by atoms with E-state index in [1.807, 2.05) is 13.2 Å². The number of carbonyl (C=O) groups is 2. The molecule has 8 N–H and O–H groups in total. The minimum absolute atomic E-state index is 0.0281. The van der Waals surface area contributed by atoms with Crippen molar-refractivity contribution in [1.29, 1.82) is 0 Å². The second kappa shape index (κ2) is 27.5. The van der Waals surface area contributed by atoms with Gasteiger partial charge in [0, 0.05) is 43.3 Å². The van der Waals surface area contributed by atoms with Crippen LogP contribution in [0.1, 0.15) is 56.0 Å². The van der Waals surface area contributed by atoms with Crippen molar-refractivity contribution in [2.75, 3.05) is 53.6 Å². The molecule has 0 spiro atoms. The number of likely N-dealkylation sites (N-methyl/N-ethyl adjacent to an activating group) is 1. The number of rotatable bonds is 19. The summed E-state index contributed by atoms with van der Waals surface area (Å²) in [5, 5.41) is 63.2. The number of alkyl carbamates (subject to hydrolysis) is 1. The summed E-state index contributed by atoms with van der Waals surface area (Å²) in [6.07, 6.45) is -6.76. The summed E-state index contributed by atoms with van der Waals surface area (Å²) < 4.78 is 54.2. The molecule has 404 valence electrons. The van der Waals surface area contributed by atoms with E-state index in [4.69, 9.17) is 47.5 Å². The number of halogens is 1. The monoisotopic (exact) mass is 1160 g/mol. The summed E-state index contributed by atoms with van der Waals surface area (Å²) in [7, 11) is 9.99. The first-order valence-electron chi connectivity index (χ1n) is 23.3. The molecule has 25 heteroatoms. The lowest BCUT2D eigenvalue weighted by molar-refractivity contribution is -0.336. The van der Waals surface area contributed by atoms with Gasteiger partial charge < -0.3 is 73.5 Å². The van der Waals surface area contributed by atoms with Crippen molar-refractivity contribution in [1.82, 2.24) is 16.1 Å². The zero-order chi connectivity index (χ0) is 53.1. The minimum Gasteiger partial charge on any atom is -0.503 e. The lowest BCUT2D eigenvalue weighted by Crippen LogP contribution is -2.65. The fraction of sp³-hybridized carbons (Fsp3) is 0.625. The summed E-state index contributed by atoms with van der Waals surface area (Å²) in [5.41, 5.74) is 1.78. The number of nitrogens with one attached hydrogen (secondary N) is 3. The summed E-state index contributed by atoms with van der Waals surface area (Å²) in [4.78, 5) is 32.8. The molecule has 2 bridgehead atoms. The number of phenols is 1. The molecular weight excluding hydrogens is 1100 g/mol. The van der Waals surface area contributed by atoms with Gasteiger partial charge in [-0.25, -0.2) is 4.79 Å². The predicted octanol–water partition coefficient (Wildman–Crippen LogP) is 3.99. The SMILES string of the molecule is CCN[C@H]1CO[C@@H](O[C@H]2[C@H](O[C@H]3C#C/C=C\C#C[C@]4(O)C[C@@H](O)C(NC(=O)OC)=C3/C4=C/CSSSC)O[C@H](C)C(NO[C@H]3C[C@H](O)[C@H](SC(=O)c4c(C)c(Br)c(O)c(OC)c4OC)[C@@H](C)O3)[C@@H]2O)C[C@@H]1OC. The Morgan fingerprint density at radius 3 is 2.42 bits per heavy atom. The molecule has 3 saturated heterocycles. The fourth-order valence-electron chi connectivity index (χ4n) is 9.07. The standard InChI is InChI=1S/C48H64BrN3O17S4/c1-10-50-27-22-64-32(20-31(27)60-5)68-43-40(56)37(52-69-33-19-28(53)44(25(4)65-33)72-45(57)34-23(2)36(49)39(55)42(62-7)41(34)61-6)24(3)66-46(43)67-30-15-13-11-12-14-17-48(59)21-29(54)38(51-47(58)63-8)35(30)26(48)16-18-71-73-70-9/h11-12,16,24-25,27-33,37,40,43-44,46,50,52-56,59H,10,18-22H2,1-9H3,(H,51,58)/b12-11-,26-16-/t24-,25-,27+,28+,29-,30+,31+,32+,33+,37?,40+,43-,44-,46+,48+/m1/s1. The number of hydrogen-bond acceptors (Lipinski definition) is 23.